The molecule has 0 atom stereocenters. The molecule has 3 aromatic rings. The fourth-order valence-electron chi connectivity index (χ4n) is 2.60. The highest BCUT2D eigenvalue weighted by atomic mass is 19.4. The minimum atomic E-state index is -4.66. The van der Waals surface area contributed by atoms with Crippen molar-refractivity contribution in [2.75, 3.05) is 5.32 Å². The summed E-state index contributed by atoms with van der Waals surface area (Å²) >= 11 is 0. The number of carbonyl (C=O) groups excluding carboxylic acids is 1. The summed E-state index contributed by atoms with van der Waals surface area (Å²) in [6.07, 6.45) is -3.12. The number of imidazole rings is 1. The first-order valence-corrected chi connectivity index (χ1v) is 7.75. The standard InChI is InChI=1S/C17H12F3N5O2/c18-17(19,20)11-5-3-6-12(22-11)23-15(26)14-16(27)25(10-4-8-21)13-7-1-2-9-24(13)14/h1-3,5-7,9H,4,10H2,(H-,22,23,26,27). The van der Waals surface area contributed by atoms with Gasteiger partial charge in [0.2, 0.25) is 5.69 Å². The zero-order chi connectivity index (χ0) is 19.6. The Morgan fingerprint density at radius 2 is 2.07 bits per heavy atom. The molecule has 3 aromatic heterocycles. The van der Waals surface area contributed by atoms with E-state index in [1.165, 1.54) is 21.2 Å². The SMILES string of the molecule is N#CCC[n+]1c([O-])c(C(=O)Nc2cccc(C(F)(F)F)n2)n2ccccc21. The summed E-state index contributed by atoms with van der Waals surface area (Å²) in [5.74, 6) is -1.88. The Hall–Kier alpha value is -3.61. The van der Waals surface area contributed by atoms with Gasteiger partial charge in [-0.1, -0.05) is 12.1 Å². The van der Waals surface area contributed by atoms with E-state index in [0.29, 0.717) is 5.65 Å². The van der Waals surface area contributed by atoms with Crippen molar-refractivity contribution in [1.29, 1.82) is 5.26 Å². The van der Waals surface area contributed by atoms with Crippen LogP contribution >= 0.6 is 0 Å². The molecule has 0 aliphatic heterocycles. The number of anilines is 1. The van der Waals surface area contributed by atoms with E-state index in [0.717, 1.165) is 12.1 Å². The Labute approximate surface area is 150 Å². The van der Waals surface area contributed by atoms with Crippen LogP contribution in [0.2, 0.25) is 0 Å². The molecule has 7 nitrogen and oxygen atoms in total. The van der Waals surface area contributed by atoms with E-state index >= 15 is 0 Å². The van der Waals surface area contributed by atoms with Gasteiger partial charge < -0.3 is 10.4 Å². The number of halogens is 3. The largest absolute Gasteiger partial charge is 0.839 e. The van der Waals surface area contributed by atoms with Gasteiger partial charge in [-0.25, -0.2) is 9.55 Å². The molecule has 3 rings (SSSR count). The van der Waals surface area contributed by atoms with E-state index in [2.05, 4.69) is 10.3 Å². The first-order valence-electron chi connectivity index (χ1n) is 7.75. The quantitative estimate of drug-likeness (QED) is 0.704. The number of hydrogen-bond donors (Lipinski definition) is 1. The van der Waals surface area contributed by atoms with Crippen molar-refractivity contribution in [2.24, 2.45) is 0 Å². The topological polar surface area (TPSA) is 97.1 Å². The molecular formula is C17H12F3N5O2. The highest BCUT2D eigenvalue weighted by molar-refractivity contribution is 6.04. The van der Waals surface area contributed by atoms with Gasteiger partial charge in [0.05, 0.1) is 18.7 Å². The molecule has 0 radical (unpaired) electrons. The molecule has 0 aliphatic carbocycles. The van der Waals surface area contributed by atoms with Gasteiger partial charge in [0.15, 0.2) is 0 Å². The molecule has 0 unspecified atom stereocenters. The Bertz CT molecular complexity index is 1050. The van der Waals surface area contributed by atoms with Crippen molar-refractivity contribution in [1.82, 2.24) is 9.38 Å². The second kappa shape index (κ2) is 6.95. The van der Waals surface area contributed by atoms with E-state index < -0.39 is 23.7 Å². The normalized spacial score (nSPS) is 11.3. The van der Waals surface area contributed by atoms with Crippen LogP contribution in [0, 0.1) is 11.3 Å². The van der Waals surface area contributed by atoms with Crippen molar-refractivity contribution >= 4 is 17.4 Å². The van der Waals surface area contributed by atoms with Crippen LogP contribution in [0.5, 0.6) is 5.88 Å². The number of carbonyl (C=O) groups is 1. The van der Waals surface area contributed by atoms with E-state index in [1.807, 2.05) is 6.07 Å². The lowest BCUT2D eigenvalue weighted by Crippen LogP contribution is -2.36. The lowest BCUT2D eigenvalue weighted by atomic mass is 10.3. The smallest absolute Gasteiger partial charge is 0.433 e. The summed E-state index contributed by atoms with van der Waals surface area (Å²) in [5.41, 5.74) is -1.06. The lowest BCUT2D eigenvalue weighted by Gasteiger charge is -2.09. The molecular weight excluding hydrogens is 363 g/mol. The molecule has 10 heteroatoms. The molecule has 1 amide bonds. The summed E-state index contributed by atoms with van der Waals surface area (Å²) < 4.78 is 40.9. The molecule has 3 heterocycles. The van der Waals surface area contributed by atoms with Crippen molar-refractivity contribution in [2.45, 2.75) is 19.1 Å². The van der Waals surface area contributed by atoms with Crippen molar-refractivity contribution in [3.8, 4) is 11.9 Å². The molecule has 0 aromatic carbocycles. The highest BCUT2D eigenvalue weighted by Gasteiger charge is 2.33. The maximum absolute atomic E-state index is 12.8. The maximum Gasteiger partial charge on any atom is 0.433 e. The molecule has 0 saturated carbocycles. The van der Waals surface area contributed by atoms with Crippen molar-refractivity contribution in [3.05, 3.63) is 54.0 Å². The van der Waals surface area contributed by atoms with Crippen LogP contribution < -0.4 is 15.0 Å². The molecule has 27 heavy (non-hydrogen) atoms. The third kappa shape index (κ3) is 3.52. The summed E-state index contributed by atoms with van der Waals surface area (Å²) in [7, 11) is 0. The number of nitrogens with zero attached hydrogens (tertiary/aromatic N) is 4. The number of pyridine rings is 2. The first kappa shape index (κ1) is 18.2. The molecule has 0 fully saturated rings. The van der Waals surface area contributed by atoms with E-state index in [9.17, 15) is 23.1 Å². The number of aryl methyl sites for hydroxylation is 1. The molecule has 0 spiro atoms. The van der Waals surface area contributed by atoms with E-state index in [-0.39, 0.29) is 24.5 Å². The van der Waals surface area contributed by atoms with Gasteiger partial charge in [-0.15, -0.1) is 0 Å². The van der Waals surface area contributed by atoms with Gasteiger partial charge in [0, 0.05) is 6.07 Å². The second-order valence-electron chi connectivity index (χ2n) is 5.50. The predicted octanol–water partition coefficient (Wildman–Crippen LogP) is 1.88. The van der Waals surface area contributed by atoms with Gasteiger partial charge >= 0.3 is 6.18 Å². The number of alkyl halides is 3. The molecule has 138 valence electrons. The summed E-state index contributed by atoms with van der Waals surface area (Å²) in [5, 5.41) is 23.6. The van der Waals surface area contributed by atoms with Gasteiger partial charge in [0.1, 0.15) is 23.9 Å². The highest BCUT2D eigenvalue weighted by Crippen LogP contribution is 2.28. The minimum Gasteiger partial charge on any atom is -0.839 e. The second-order valence-corrected chi connectivity index (χ2v) is 5.50. The van der Waals surface area contributed by atoms with Crippen molar-refractivity contribution in [3.63, 3.8) is 0 Å². The van der Waals surface area contributed by atoms with Crippen molar-refractivity contribution < 1.29 is 27.6 Å². The fraction of sp³-hybridized carbons (Fsp3) is 0.176. The first-order chi connectivity index (χ1) is 12.8. The zero-order valence-electron chi connectivity index (χ0n) is 13.7. The number of fused-ring (bicyclic) bond motifs is 1. The van der Waals surface area contributed by atoms with Crippen LogP contribution in [0.1, 0.15) is 22.6 Å². The summed E-state index contributed by atoms with van der Waals surface area (Å²) in [6, 6.07) is 9.84. The third-order valence-electron chi connectivity index (χ3n) is 3.75. The Kier molecular flexibility index (Phi) is 4.68. The van der Waals surface area contributed by atoms with E-state index in [1.54, 1.807) is 18.2 Å². The van der Waals surface area contributed by atoms with Crippen LogP contribution in [-0.4, -0.2) is 15.3 Å². The number of nitriles is 1. The van der Waals surface area contributed by atoms with Gasteiger partial charge in [-0.3, -0.25) is 4.79 Å². The van der Waals surface area contributed by atoms with Crippen LogP contribution in [0.4, 0.5) is 19.0 Å². The molecule has 1 N–H and O–H groups in total. The van der Waals surface area contributed by atoms with Crippen LogP contribution in [0.15, 0.2) is 42.6 Å². The third-order valence-corrected chi connectivity index (χ3v) is 3.75. The maximum atomic E-state index is 12.8. The number of aromatic nitrogens is 3. The number of nitrogens with one attached hydrogen (secondary N) is 1. The molecule has 0 aliphatic rings. The van der Waals surface area contributed by atoms with Gasteiger partial charge in [0.25, 0.3) is 11.6 Å². The van der Waals surface area contributed by atoms with Gasteiger partial charge in [-0.2, -0.15) is 22.8 Å². The zero-order valence-corrected chi connectivity index (χ0v) is 13.7. The number of hydrogen-bond acceptors (Lipinski definition) is 4. The summed E-state index contributed by atoms with van der Waals surface area (Å²) in [6.45, 7) is 0.0813. The van der Waals surface area contributed by atoms with Gasteiger partial charge in [-0.05, 0) is 18.2 Å². The van der Waals surface area contributed by atoms with Crippen LogP contribution in [0.25, 0.3) is 5.65 Å². The Balaban J connectivity index is 2.00. The summed E-state index contributed by atoms with van der Waals surface area (Å²) in [4.78, 5) is 15.9. The fourth-order valence-corrected chi connectivity index (χ4v) is 2.60. The Morgan fingerprint density at radius 3 is 2.78 bits per heavy atom. The number of amides is 1. The van der Waals surface area contributed by atoms with Crippen LogP contribution in [0.3, 0.4) is 0 Å². The molecule has 0 bridgehead atoms. The Morgan fingerprint density at radius 1 is 1.30 bits per heavy atom. The van der Waals surface area contributed by atoms with Crippen LogP contribution in [-0.2, 0) is 12.7 Å². The lowest BCUT2D eigenvalue weighted by molar-refractivity contribution is -0.711. The monoisotopic (exact) mass is 375 g/mol. The minimum absolute atomic E-state index is 0.0602. The number of rotatable bonds is 4. The van der Waals surface area contributed by atoms with E-state index in [4.69, 9.17) is 5.26 Å². The molecule has 0 saturated heterocycles. The average molecular weight is 375 g/mol. The average Bonchev–Trinajstić information content (AvgIpc) is 2.91. The predicted molar refractivity (Wildman–Crippen MR) is 84.5 cm³/mol.